The van der Waals surface area contributed by atoms with Crippen molar-refractivity contribution < 1.29 is 22.2 Å². The van der Waals surface area contributed by atoms with Gasteiger partial charge in [0.1, 0.15) is 0 Å². The molecule has 2 aliphatic carbocycles. The van der Waals surface area contributed by atoms with E-state index in [-0.39, 0.29) is 23.2 Å². The van der Waals surface area contributed by atoms with Crippen molar-refractivity contribution in [1.82, 2.24) is 0 Å². The fourth-order valence-corrected chi connectivity index (χ4v) is 2.72. The van der Waals surface area contributed by atoms with Crippen molar-refractivity contribution in [3.8, 4) is 0 Å². The van der Waals surface area contributed by atoms with Crippen molar-refractivity contribution in [2.24, 2.45) is 5.92 Å². The summed E-state index contributed by atoms with van der Waals surface area (Å²) in [7, 11) is 0. The summed E-state index contributed by atoms with van der Waals surface area (Å²) < 4.78 is 0. The van der Waals surface area contributed by atoms with E-state index in [4.69, 9.17) is 0 Å². The number of aliphatic hydroxyl groups is 1. The molecule has 0 aromatic heterocycles. The second kappa shape index (κ2) is 7.31. The average molecular weight is 275 g/mol. The normalized spacial score (nSPS) is 26.5. The van der Waals surface area contributed by atoms with Gasteiger partial charge < -0.3 is 5.11 Å². The second-order valence-corrected chi connectivity index (χ2v) is 5.23. The minimum absolute atomic E-state index is 0. The third kappa shape index (κ3) is 3.91. The van der Waals surface area contributed by atoms with Crippen LogP contribution in [-0.2, 0) is 23.5 Å². The van der Waals surface area contributed by atoms with E-state index < -0.39 is 0 Å². The van der Waals surface area contributed by atoms with Gasteiger partial charge in [-0.05, 0) is 5.92 Å². The Balaban J connectivity index is 0.000000205. The average Bonchev–Trinajstić information content (AvgIpc) is 2.96. The minimum Gasteiger partial charge on any atom is -0.390 e. The predicted molar refractivity (Wildman–Crippen MR) is 67.6 cm³/mol. The molecule has 2 unspecified atom stereocenters. The van der Waals surface area contributed by atoms with Crippen LogP contribution in [-0.4, -0.2) is 5.11 Å². The number of aliphatic hydroxyl groups excluding tert-OH is 1. The number of hydrogen-bond donors (Lipinski definition) is 1. The first kappa shape index (κ1) is 14.9. The molecule has 3 rings (SSSR count). The monoisotopic (exact) mass is 275 g/mol. The van der Waals surface area contributed by atoms with Crippen LogP contribution in [0.1, 0.15) is 62.7 Å². The maximum atomic E-state index is 9.72. The van der Waals surface area contributed by atoms with Gasteiger partial charge in [0.25, 0.3) is 0 Å². The molecule has 1 fully saturated rings. The Kier molecular flexibility index (Phi) is 6.40. The van der Waals surface area contributed by atoms with Gasteiger partial charge in [0.2, 0.25) is 0 Å². The maximum absolute atomic E-state index is 9.72. The van der Waals surface area contributed by atoms with Crippen molar-refractivity contribution in [2.45, 2.75) is 58.0 Å². The van der Waals surface area contributed by atoms with Gasteiger partial charge in [-0.1, -0.05) is 51.9 Å². The summed E-state index contributed by atoms with van der Waals surface area (Å²) in [5.41, 5.74) is 2.50. The number of aryl methyl sites for hydroxylation is 1. The Bertz CT molecular complexity index is 307. The van der Waals surface area contributed by atoms with Crippen LogP contribution in [0.2, 0.25) is 0 Å². The zero-order valence-electron chi connectivity index (χ0n) is 10.6. The first-order chi connectivity index (χ1) is 7.79. The molecule has 0 spiro atoms. The molecular weight excluding hydrogens is 252 g/mol. The molecule has 1 nitrogen and oxygen atoms in total. The number of hydrogen-bond acceptors (Lipinski definition) is 1. The van der Waals surface area contributed by atoms with Crippen molar-refractivity contribution in [2.75, 3.05) is 0 Å². The predicted octanol–water partition coefficient (Wildman–Crippen LogP) is 3.97. The Hall–Kier alpha value is -0.171. The summed E-state index contributed by atoms with van der Waals surface area (Å²) in [6.07, 6.45) is 9.55. The second-order valence-electron chi connectivity index (χ2n) is 5.23. The van der Waals surface area contributed by atoms with Crippen molar-refractivity contribution in [3.05, 3.63) is 29.3 Å². The third-order valence-electron chi connectivity index (χ3n) is 3.92. The van der Waals surface area contributed by atoms with Gasteiger partial charge in [0.15, 0.2) is 0 Å². The molecule has 0 aliphatic heterocycles. The van der Waals surface area contributed by atoms with Crippen molar-refractivity contribution in [1.29, 1.82) is 0 Å². The van der Waals surface area contributed by atoms with Gasteiger partial charge in [-0.25, -0.2) is 6.07 Å². The summed E-state index contributed by atoms with van der Waals surface area (Å²) >= 11 is 0. The van der Waals surface area contributed by atoms with Crippen molar-refractivity contribution >= 4 is 0 Å². The quantitative estimate of drug-likeness (QED) is 0.561. The Morgan fingerprint density at radius 3 is 2.35 bits per heavy atom. The molecule has 93 valence electrons. The Labute approximate surface area is 115 Å². The molecule has 2 atom stereocenters. The number of fused-ring (bicyclic) bond motifs is 1. The molecule has 0 heterocycles. The van der Waals surface area contributed by atoms with Gasteiger partial charge in [0, 0.05) is 0 Å². The smallest absolute Gasteiger partial charge is 0.390 e. The fourth-order valence-electron chi connectivity index (χ4n) is 2.72. The van der Waals surface area contributed by atoms with E-state index in [1.807, 2.05) is 12.1 Å². The largest absolute Gasteiger partial charge is 5.00 e. The first-order valence-electron chi connectivity index (χ1n) is 6.71. The van der Waals surface area contributed by atoms with Gasteiger partial charge in [0.05, 0.1) is 6.10 Å². The summed E-state index contributed by atoms with van der Waals surface area (Å²) in [6.45, 7) is 2.11. The zero-order valence-corrected chi connectivity index (χ0v) is 11.7. The topological polar surface area (TPSA) is 20.2 Å². The molecule has 1 aromatic carbocycles. The van der Waals surface area contributed by atoms with Crippen molar-refractivity contribution in [3.63, 3.8) is 0 Å². The molecular formula is C15H23FeO+4. The molecule has 1 N–H and O–H groups in total. The first-order valence-corrected chi connectivity index (χ1v) is 6.71. The van der Waals surface area contributed by atoms with E-state index in [9.17, 15) is 5.11 Å². The Morgan fingerprint density at radius 2 is 1.76 bits per heavy atom. The van der Waals surface area contributed by atoms with Crippen LogP contribution in [0.3, 0.4) is 0 Å². The summed E-state index contributed by atoms with van der Waals surface area (Å²) in [4.78, 5) is 0. The summed E-state index contributed by atoms with van der Waals surface area (Å²) in [6, 6.07) is 6.19. The molecule has 2 heteroatoms. The van der Waals surface area contributed by atoms with Gasteiger partial charge >= 0.3 is 17.1 Å². The third-order valence-corrected chi connectivity index (χ3v) is 3.92. The van der Waals surface area contributed by atoms with Crippen LogP contribution in [0, 0.1) is 5.92 Å². The molecule has 1 radical (unpaired) electrons. The standard InChI is InChI=1S/C10H13O.C5H10.Fe/c1-7-5-6-8-3-2-4-9(8)10(7)11;1-2-4-5-3-1;/h2-4,7,10-11H,5-6H2,1H3;1-5H2;/q-1;;+5. The Morgan fingerprint density at radius 1 is 1.18 bits per heavy atom. The van der Waals surface area contributed by atoms with Crippen LogP contribution < -0.4 is 0 Å². The molecule has 2 aliphatic rings. The zero-order chi connectivity index (χ0) is 11.4. The van der Waals surface area contributed by atoms with E-state index in [1.54, 1.807) is 0 Å². The summed E-state index contributed by atoms with van der Waals surface area (Å²) in [5, 5.41) is 9.72. The SMILES string of the molecule is C1CCCC1.CC1CCc2cc[cH-]c2C1O.[Fe+5]. The van der Waals surface area contributed by atoms with Crippen LogP contribution in [0.4, 0.5) is 0 Å². The molecule has 0 saturated heterocycles. The van der Waals surface area contributed by atoms with Crippen LogP contribution in [0.25, 0.3) is 0 Å². The fraction of sp³-hybridized carbons (Fsp3) is 0.667. The van der Waals surface area contributed by atoms with Crippen LogP contribution in [0.5, 0.6) is 0 Å². The van der Waals surface area contributed by atoms with Crippen LogP contribution >= 0.6 is 0 Å². The minimum atomic E-state index is -0.214. The van der Waals surface area contributed by atoms with E-state index in [1.165, 1.54) is 37.7 Å². The maximum Gasteiger partial charge on any atom is 5.00 e. The van der Waals surface area contributed by atoms with Gasteiger partial charge in [-0.3, -0.25) is 0 Å². The van der Waals surface area contributed by atoms with Gasteiger partial charge in [-0.2, -0.15) is 17.7 Å². The van der Waals surface area contributed by atoms with Crippen LogP contribution in [0.15, 0.2) is 18.2 Å². The van der Waals surface area contributed by atoms with E-state index >= 15 is 0 Å². The molecule has 0 bridgehead atoms. The molecule has 17 heavy (non-hydrogen) atoms. The molecule has 1 saturated carbocycles. The van der Waals surface area contributed by atoms with E-state index in [2.05, 4.69) is 13.0 Å². The molecule has 0 amide bonds. The molecule has 1 aromatic rings. The van der Waals surface area contributed by atoms with E-state index in [0.717, 1.165) is 18.4 Å². The summed E-state index contributed by atoms with van der Waals surface area (Å²) in [5.74, 6) is 0.435. The number of rotatable bonds is 0. The van der Waals surface area contributed by atoms with E-state index in [0.29, 0.717) is 5.92 Å². The van der Waals surface area contributed by atoms with Gasteiger partial charge in [-0.15, -0.1) is 5.56 Å².